The van der Waals surface area contributed by atoms with Gasteiger partial charge in [0, 0.05) is 40.9 Å². The van der Waals surface area contributed by atoms with Crippen LogP contribution in [0, 0.1) is 0 Å². The molecule has 1 aromatic carbocycles. The molecule has 18 heavy (non-hydrogen) atoms. The molecule has 96 valence electrons. The number of nitrogens with two attached hydrogens (primary N) is 1. The molecular formula is C13H15BrClN3. The zero-order chi connectivity index (χ0) is 13.1. The lowest BCUT2D eigenvalue weighted by atomic mass is 10.0. The lowest BCUT2D eigenvalue weighted by molar-refractivity contribution is 0.627. The van der Waals surface area contributed by atoms with E-state index < -0.39 is 0 Å². The minimum absolute atomic E-state index is 0.0932. The maximum atomic E-state index is 6.23. The summed E-state index contributed by atoms with van der Waals surface area (Å²) in [6.07, 6.45) is 4.49. The zero-order valence-corrected chi connectivity index (χ0v) is 12.4. The van der Waals surface area contributed by atoms with Crippen molar-refractivity contribution >= 4 is 27.5 Å². The van der Waals surface area contributed by atoms with Gasteiger partial charge in [-0.2, -0.15) is 0 Å². The number of benzene rings is 1. The Balaban J connectivity index is 2.19. The van der Waals surface area contributed by atoms with Crippen LogP contribution in [0.4, 0.5) is 0 Å². The van der Waals surface area contributed by atoms with Crippen LogP contribution in [0.25, 0.3) is 0 Å². The molecule has 0 saturated carbocycles. The van der Waals surface area contributed by atoms with Crippen molar-refractivity contribution < 1.29 is 0 Å². The smallest absolute Gasteiger partial charge is 0.110 e. The summed E-state index contributed by atoms with van der Waals surface area (Å²) in [5.41, 5.74) is 7.28. The van der Waals surface area contributed by atoms with Gasteiger partial charge in [0.1, 0.15) is 5.82 Å². The first kappa shape index (κ1) is 13.6. The average Bonchev–Trinajstić information content (AvgIpc) is 2.76. The monoisotopic (exact) mass is 327 g/mol. The van der Waals surface area contributed by atoms with Gasteiger partial charge in [-0.3, -0.25) is 0 Å². The largest absolute Gasteiger partial charge is 0.335 e. The quantitative estimate of drug-likeness (QED) is 0.932. The van der Waals surface area contributed by atoms with Gasteiger partial charge in [0.25, 0.3) is 0 Å². The van der Waals surface area contributed by atoms with Crippen LogP contribution >= 0.6 is 27.5 Å². The fraction of sp³-hybridized carbons (Fsp3) is 0.308. The first-order valence-electron chi connectivity index (χ1n) is 5.82. The van der Waals surface area contributed by atoms with E-state index in [9.17, 15) is 0 Å². The van der Waals surface area contributed by atoms with Crippen LogP contribution in [0.2, 0.25) is 5.02 Å². The molecule has 0 bridgehead atoms. The summed E-state index contributed by atoms with van der Waals surface area (Å²) in [6.45, 7) is 3.00. The minimum atomic E-state index is -0.0932. The second-order valence-electron chi connectivity index (χ2n) is 4.11. The molecule has 0 aliphatic carbocycles. The molecule has 1 heterocycles. The van der Waals surface area contributed by atoms with E-state index in [-0.39, 0.29) is 6.04 Å². The number of imidazole rings is 1. The standard InChI is InChI=1S/C13H15BrClN3/c1-2-18-6-5-17-13(18)8-12(16)10-4-3-9(15)7-11(10)14/h3-7,12H,2,8,16H2,1H3. The Bertz CT molecular complexity index is 539. The third-order valence-electron chi connectivity index (χ3n) is 2.91. The Morgan fingerprint density at radius 3 is 2.94 bits per heavy atom. The molecule has 0 radical (unpaired) electrons. The van der Waals surface area contributed by atoms with Crippen molar-refractivity contribution in [3.8, 4) is 0 Å². The van der Waals surface area contributed by atoms with Crippen molar-refractivity contribution in [3.63, 3.8) is 0 Å². The maximum Gasteiger partial charge on any atom is 0.110 e. The highest BCUT2D eigenvalue weighted by atomic mass is 79.9. The fourth-order valence-corrected chi connectivity index (χ4v) is 2.90. The third kappa shape index (κ3) is 2.94. The van der Waals surface area contributed by atoms with Crippen molar-refractivity contribution in [2.75, 3.05) is 0 Å². The minimum Gasteiger partial charge on any atom is -0.335 e. The second-order valence-corrected chi connectivity index (χ2v) is 5.40. The maximum absolute atomic E-state index is 6.23. The summed E-state index contributed by atoms with van der Waals surface area (Å²) in [6, 6.07) is 5.58. The Kier molecular flexibility index (Phi) is 4.43. The molecule has 0 spiro atoms. The van der Waals surface area contributed by atoms with Crippen LogP contribution in [0.15, 0.2) is 35.1 Å². The van der Waals surface area contributed by atoms with E-state index in [0.717, 1.165) is 22.4 Å². The normalized spacial score (nSPS) is 12.7. The average molecular weight is 329 g/mol. The molecule has 0 amide bonds. The van der Waals surface area contributed by atoms with Crippen LogP contribution in [0.5, 0.6) is 0 Å². The molecule has 2 N–H and O–H groups in total. The Morgan fingerprint density at radius 1 is 1.50 bits per heavy atom. The molecule has 0 fully saturated rings. The van der Waals surface area contributed by atoms with Crippen LogP contribution in [0.3, 0.4) is 0 Å². The summed E-state index contributed by atoms with van der Waals surface area (Å²) < 4.78 is 3.04. The van der Waals surface area contributed by atoms with Gasteiger partial charge < -0.3 is 10.3 Å². The lowest BCUT2D eigenvalue weighted by Gasteiger charge is -2.14. The molecule has 1 atom stereocenters. The topological polar surface area (TPSA) is 43.8 Å². The SMILES string of the molecule is CCn1ccnc1CC(N)c1ccc(Cl)cc1Br. The molecular weight excluding hydrogens is 314 g/mol. The van der Waals surface area contributed by atoms with E-state index in [4.69, 9.17) is 17.3 Å². The predicted molar refractivity (Wildman–Crippen MR) is 77.7 cm³/mol. The highest BCUT2D eigenvalue weighted by Crippen LogP contribution is 2.27. The molecule has 2 rings (SSSR count). The molecule has 2 aromatic rings. The van der Waals surface area contributed by atoms with Crippen molar-refractivity contribution in [2.24, 2.45) is 5.73 Å². The highest BCUT2D eigenvalue weighted by Gasteiger charge is 2.13. The first-order valence-corrected chi connectivity index (χ1v) is 6.99. The number of halogens is 2. The number of aromatic nitrogens is 2. The van der Waals surface area contributed by atoms with Crippen LogP contribution in [0.1, 0.15) is 24.4 Å². The molecule has 0 aliphatic heterocycles. The van der Waals surface area contributed by atoms with Gasteiger partial charge in [-0.25, -0.2) is 4.98 Å². The fourth-order valence-electron chi connectivity index (χ4n) is 1.93. The van der Waals surface area contributed by atoms with Gasteiger partial charge in [0.05, 0.1) is 0 Å². The Hall–Kier alpha value is -0.840. The summed E-state index contributed by atoms with van der Waals surface area (Å²) in [4.78, 5) is 4.34. The van der Waals surface area contributed by atoms with Gasteiger partial charge in [0.15, 0.2) is 0 Å². The number of aryl methyl sites for hydroxylation is 1. The number of rotatable bonds is 4. The van der Waals surface area contributed by atoms with Crippen LogP contribution in [-0.2, 0) is 13.0 Å². The van der Waals surface area contributed by atoms with Gasteiger partial charge in [0.2, 0.25) is 0 Å². The molecule has 0 aliphatic rings. The van der Waals surface area contributed by atoms with Gasteiger partial charge in [-0.05, 0) is 24.6 Å². The van der Waals surface area contributed by atoms with E-state index in [2.05, 4.69) is 32.4 Å². The Labute approximate surface area is 120 Å². The molecule has 5 heteroatoms. The predicted octanol–water partition coefficient (Wildman–Crippen LogP) is 3.56. The van der Waals surface area contributed by atoms with Crippen LogP contribution < -0.4 is 5.73 Å². The van der Waals surface area contributed by atoms with Crippen molar-refractivity contribution in [3.05, 3.63) is 51.5 Å². The van der Waals surface area contributed by atoms with E-state index in [0.29, 0.717) is 11.4 Å². The van der Waals surface area contributed by atoms with Crippen molar-refractivity contribution in [2.45, 2.75) is 25.9 Å². The number of hydrogen-bond acceptors (Lipinski definition) is 2. The van der Waals surface area contributed by atoms with E-state index in [1.165, 1.54) is 0 Å². The van der Waals surface area contributed by atoms with Crippen LogP contribution in [-0.4, -0.2) is 9.55 Å². The molecule has 1 unspecified atom stereocenters. The molecule has 1 aromatic heterocycles. The van der Waals surface area contributed by atoms with Gasteiger partial charge in [-0.1, -0.05) is 33.6 Å². The summed E-state index contributed by atoms with van der Waals surface area (Å²) >= 11 is 9.42. The van der Waals surface area contributed by atoms with E-state index in [1.807, 2.05) is 30.6 Å². The molecule has 0 saturated heterocycles. The summed E-state index contributed by atoms with van der Waals surface area (Å²) in [5, 5.41) is 0.702. The van der Waals surface area contributed by atoms with Crippen molar-refractivity contribution in [1.82, 2.24) is 9.55 Å². The Morgan fingerprint density at radius 2 is 2.28 bits per heavy atom. The summed E-state index contributed by atoms with van der Waals surface area (Å²) in [5.74, 6) is 1.01. The summed E-state index contributed by atoms with van der Waals surface area (Å²) in [7, 11) is 0. The number of nitrogens with zero attached hydrogens (tertiary/aromatic N) is 2. The second kappa shape index (κ2) is 5.87. The highest BCUT2D eigenvalue weighted by molar-refractivity contribution is 9.10. The van der Waals surface area contributed by atoms with Gasteiger partial charge in [-0.15, -0.1) is 0 Å². The molecule has 3 nitrogen and oxygen atoms in total. The van der Waals surface area contributed by atoms with E-state index >= 15 is 0 Å². The first-order chi connectivity index (χ1) is 8.61. The van der Waals surface area contributed by atoms with E-state index in [1.54, 1.807) is 0 Å². The zero-order valence-electron chi connectivity index (χ0n) is 10.1. The third-order valence-corrected chi connectivity index (χ3v) is 3.83. The lowest BCUT2D eigenvalue weighted by Crippen LogP contribution is -2.16. The van der Waals surface area contributed by atoms with Gasteiger partial charge >= 0.3 is 0 Å². The van der Waals surface area contributed by atoms with Crippen molar-refractivity contribution in [1.29, 1.82) is 0 Å². The number of hydrogen-bond donors (Lipinski definition) is 1.